The fourth-order valence-electron chi connectivity index (χ4n) is 3.74. The largest absolute Gasteiger partial charge is 0.370 e. The predicted octanol–water partition coefficient (Wildman–Crippen LogP) is 2.89. The Morgan fingerprint density at radius 2 is 2.10 bits per heavy atom. The van der Waals surface area contributed by atoms with Crippen molar-refractivity contribution in [3.05, 3.63) is 35.4 Å². The number of hydrogen-bond donors (Lipinski definition) is 1. The molecule has 1 aromatic carbocycles. The molecule has 3 nitrogen and oxygen atoms in total. The van der Waals surface area contributed by atoms with Crippen LogP contribution in [-0.4, -0.2) is 23.9 Å². The summed E-state index contributed by atoms with van der Waals surface area (Å²) >= 11 is 0. The molecule has 2 aliphatic rings. The van der Waals surface area contributed by atoms with E-state index in [1.807, 2.05) is 0 Å². The molecule has 0 saturated heterocycles. The molecule has 3 rings (SSSR count). The van der Waals surface area contributed by atoms with Gasteiger partial charge in [-0.25, -0.2) is 0 Å². The summed E-state index contributed by atoms with van der Waals surface area (Å²) in [6.07, 6.45) is 4.88. The van der Waals surface area contributed by atoms with E-state index in [4.69, 9.17) is 5.73 Å². The fraction of sp³-hybridized carbons (Fsp3) is 0.588. The van der Waals surface area contributed by atoms with Crippen molar-refractivity contribution < 1.29 is 0 Å². The van der Waals surface area contributed by atoms with Gasteiger partial charge in [-0.05, 0) is 36.3 Å². The summed E-state index contributed by atoms with van der Waals surface area (Å²) in [5.74, 6) is 1.32. The van der Waals surface area contributed by atoms with Gasteiger partial charge in [0.25, 0.3) is 0 Å². The molecular weight excluding hydrogens is 246 g/mol. The summed E-state index contributed by atoms with van der Waals surface area (Å²) in [5, 5.41) is 0. The van der Waals surface area contributed by atoms with Gasteiger partial charge in [0.2, 0.25) is 0 Å². The zero-order chi connectivity index (χ0) is 14.2. The first-order valence-corrected chi connectivity index (χ1v) is 7.79. The minimum atomic E-state index is 0.0153. The Hall–Kier alpha value is -1.51. The van der Waals surface area contributed by atoms with E-state index in [-0.39, 0.29) is 5.54 Å². The summed E-state index contributed by atoms with van der Waals surface area (Å²) in [7, 11) is 0. The van der Waals surface area contributed by atoms with Crippen molar-refractivity contribution in [2.45, 2.75) is 45.1 Å². The summed E-state index contributed by atoms with van der Waals surface area (Å²) in [4.78, 5) is 6.99. The number of hydrogen-bond acceptors (Lipinski definition) is 3. The molecule has 0 amide bonds. The topological polar surface area (TPSA) is 41.6 Å². The van der Waals surface area contributed by atoms with Gasteiger partial charge < -0.3 is 10.6 Å². The number of rotatable bonds is 2. The van der Waals surface area contributed by atoms with Gasteiger partial charge in [-0.2, -0.15) is 0 Å². The lowest BCUT2D eigenvalue weighted by molar-refractivity contribution is 0.168. The van der Waals surface area contributed by atoms with Crippen LogP contribution >= 0.6 is 0 Å². The minimum Gasteiger partial charge on any atom is -0.370 e. The first-order valence-electron chi connectivity index (χ1n) is 7.79. The average molecular weight is 271 g/mol. The molecule has 0 aromatic heterocycles. The van der Waals surface area contributed by atoms with E-state index in [0.717, 1.165) is 19.0 Å². The summed E-state index contributed by atoms with van der Waals surface area (Å²) in [6, 6.07) is 8.89. The van der Waals surface area contributed by atoms with Crippen LogP contribution in [0.4, 0.5) is 0 Å². The van der Waals surface area contributed by atoms with Crippen LogP contribution in [0, 0.1) is 5.92 Å². The van der Waals surface area contributed by atoms with Crippen molar-refractivity contribution in [3.63, 3.8) is 0 Å². The van der Waals surface area contributed by atoms with Gasteiger partial charge in [-0.3, -0.25) is 4.99 Å². The highest BCUT2D eigenvalue weighted by Gasteiger charge is 2.45. The van der Waals surface area contributed by atoms with Crippen molar-refractivity contribution in [3.8, 4) is 0 Å². The standard InChI is InChI=1S/C17H25N3/c1-13(2)11-20-16(18)19-12-17(20)10-6-5-8-14-7-3-4-9-15(14)17/h3-4,7,9,13H,5-6,8,10-12H2,1-2H3,(H2,18,19). The van der Waals surface area contributed by atoms with Crippen LogP contribution in [0.1, 0.15) is 44.2 Å². The SMILES string of the molecule is CC(C)CN1C(N)=NCC12CCCCc1ccccc12. The second-order valence-electron chi connectivity index (χ2n) is 6.57. The molecule has 2 N–H and O–H groups in total. The van der Waals surface area contributed by atoms with Crippen molar-refractivity contribution in [1.82, 2.24) is 4.90 Å². The highest BCUT2D eigenvalue weighted by atomic mass is 15.4. The maximum absolute atomic E-state index is 6.22. The van der Waals surface area contributed by atoms with Gasteiger partial charge in [-0.1, -0.05) is 44.5 Å². The monoisotopic (exact) mass is 271 g/mol. The van der Waals surface area contributed by atoms with Crippen LogP contribution in [0.5, 0.6) is 0 Å². The molecule has 1 aromatic rings. The van der Waals surface area contributed by atoms with E-state index in [0.29, 0.717) is 5.92 Å². The van der Waals surface area contributed by atoms with Crippen LogP contribution in [0.2, 0.25) is 0 Å². The molecule has 3 heteroatoms. The molecule has 20 heavy (non-hydrogen) atoms. The molecule has 1 spiro atoms. The van der Waals surface area contributed by atoms with Gasteiger partial charge in [0, 0.05) is 6.54 Å². The predicted molar refractivity (Wildman–Crippen MR) is 83.7 cm³/mol. The number of fused-ring (bicyclic) bond motifs is 2. The molecule has 1 heterocycles. The lowest BCUT2D eigenvalue weighted by Crippen LogP contribution is -2.50. The van der Waals surface area contributed by atoms with Crippen molar-refractivity contribution in [2.75, 3.05) is 13.1 Å². The quantitative estimate of drug-likeness (QED) is 0.898. The van der Waals surface area contributed by atoms with Crippen LogP contribution in [0.25, 0.3) is 0 Å². The molecule has 0 radical (unpaired) electrons. The molecular formula is C17H25N3. The molecule has 0 saturated carbocycles. The van der Waals surface area contributed by atoms with Crippen LogP contribution in [0.15, 0.2) is 29.3 Å². The summed E-state index contributed by atoms with van der Waals surface area (Å²) < 4.78 is 0. The number of guanidine groups is 1. The molecule has 1 unspecified atom stereocenters. The van der Waals surface area contributed by atoms with E-state index < -0.39 is 0 Å². The van der Waals surface area contributed by atoms with Crippen LogP contribution in [0.3, 0.4) is 0 Å². The zero-order valence-electron chi connectivity index (χ0n) is 12.6. The number of aliphatic imine (C=N–C) groups is 1. The molecule has 1 aliphatic carbocycles. The second kappa shape index (κ2) is 5.12. The molecule has 1 atom stereocenters. The average Bonchev–Trinajstić information content (AvgIpc) is 2.63. The number of aryl methyl sites for hydroxylation is 1. The van der Waals surface area contributed by atoms with Gasteiger partial charge in [0.05, 0.1) is 12.1 Å². The molecule has 0 fully saturated rings. The normalized spacial score (nSPS) is 25.8. The van der Waals surface area contributed by atoms with E-state index in [1.54, 1.807) is 0 Å². The van der Waals surface area contributed by atoms with E-state index in [1.165, 1.54) is 36.8 Å². The third-order valence-electron chi connectivity index (χ3n) is 4.65. The molecule has 0 bridgehead atoms. The molecule has 108 valence electrons. The Bertz CT molecular complexity index is 521. The van der Waals surface area contributed by atoms with Crippen molar-refractivity contribution >= 4 is 5.96 Å². The third kappa shape index (κ3) is 2.09. The minimum absolute atomic E-state index is 0.0153. The zero-order valence-corrected chi connectivity index (χ0v) is 12.6. The Kier molecular flexibility index (Phi) is 3.45. The number of nitrogens with zero attached hydrogens (tertiary/aromatic N) is 2. The lowest BCUT2D eigenvalue weighted by atomic mass is 9.83. The fourth-order valence-corrected chi connectivity index (χ4v) is 3.74. The Labute approximate surface area is 121 Å². The van der Waals surface area contributed by atoms with Gasteiger partial charge >= 0.3 is 0 Å². The van der Waals surface area contributed by atoms with Gasteiger partial charge in [0.1, 0.15) is 0 Å². The maximum atomic E-state index is 6.22. The van der Waals surface area contributed by atoms with Gasteiger partial charge in [0.15, 0.2) is 5.96 Å². The highest BCUT2D eigenvalue weighted by molar-refractivity contribution is 5.81. The summed E-state index contributed by atoms with van der Waals surface area (Å²) in [6.45, 7) is 6.32. The first kappa shape index (κ1) is 13.5. The van der Waals surface area contributed by atoms with E-state index in [9.17, 15) is 0 Å². The van der Waals surface area contributed by atoms with Crippen LogP contribution in [-0.2, 0) is 12.0 Å². The maximum Gasteiger partial charge on any atom is 0.192 e. The smallest absolute Gasteiger partial charge is 0.192 e. The third-order valence-corrected chi connectivity index (χ3v) is 4.65. The van der Waals surface area contributed by atoms with Crippen molar-refractivity contribution in [2.24, 2.45) is 16.6 Å². The Balaban J connectivity index is 2.06. The molecule has 1 aliphatic heterocycles. The Morgan fingerprint density at radius 3 is 2.90 bits per heavy atom. The van der Waals surface area contributed by atoms with E-state index >= 15 is 0 Å². The highest BCUT2D eigenvalue weighted by Crippen LogP contribution is 2.42. The van der Waals surface area contributed by atoms with Crippen molar-refractivity contribution in [1.29, 1.82) is 0 Å². The van der Waals surface area contributed by atoms with Crippen LogP contribution < -0.4 is 5.73 Å². The Morgan fingerprint density at radius 1 is 1.30 bits per heavy atom. The van der Waals surface area contributed by atoms with E-state index in [2.05, 4.69) is 48.0 Å². The summed E-state index contributed by atoms with van der Waals surface area (Å²) in [5.41, 5.74) is 9.18. The lowest BCUT2D eigenvalue weighted by Gasteiger charge is -2.41. The van der Waals surface area contributed by atoms with Gasteiger partial charge in [-0.15, -0.1) is 0 Å². The number of benzene rings is 1. The first-order chi connectivity index (χ1) is 9.63. The second-order valence-corrected chi connectivity index (χ2v) is 6.57. The number of nitrogens with two attached hydrogens (primary N) is 1.